The summed E-state index contributed by atoms with van der Waals surface area (Å²) in [5.74, 6) is 0. The van der Waals surface area contributed by atoms with Crippen LogP contribution in [0.3, 0.4) is 0 Å². The minimum atomic E-state index is -4.55. The fourth-order valence-corrected chi connectivity index (χ4v) is 3.05. The normalized spacial score (nSPS) is 20.4. The van der Waals surface area contributed by atoms with E-state index < -0.39 is 27.6 Å². The molecule has 21 heavy (non-hydrogen) atoms. The number of hydrogen-bond acceptors (Lipinski definition) is 2. The Bertz CT molecular complexity index is 622. The van der Waals surface area contributed by atoms with Crippen LogP contribution in [-0.2, 0) is 22.1 Å². The van der Waals surface area contributed by atoms with E-state index >= 15 is 0 Å². The van der Waals surface area contributed by atoms with E-state index in [2.05, 4.69) is 0 Å². The molecule has 1 fully saturated rings. The van der Waals surface area contributed by atoms with Crippen molar-refractivity contribution in [3.8, 4) is 0 Å². The highest BCUT2D eigenvalue weighted by Gasteiger charge is 2.40. The van der Waals surface area contributed by atoms with Crippen molar-refractivity contribution in [3.63, 3.8) is 0 Å². The fourth-order valence-electron chi connectivity index (χ4n) is 2.36. The molecule has 0 aromatic heterocycles. The average molecular weight is 326 g/mol. The standard InChI is InChI=1S/C12H14F4N2O2S/c13-11(4-6-18(7-5-11)21(17,19)20)9-2-1-3-10(8-9)12(14,15)16/h1-3,8H,4-7H2,(H2,17,19,20). The Morgan fingerprint density at radius 1 is 1.19 bits per heavy atom. The van der Waals surface area contributed by atoms with E-state index in [-0.39, 0.29) is 31.5 Å². The zero-order chi connectivity index (χ0) is 15.9. The summed E-state index contributed by atoms with van der Waals surface area (Å²) in [6, 6.07) is 4.06. The molecule has 1 aliphatic heterocycles. The van der Waals surface area contributed by atoms with Crippen LogP contribution < -0.4 is 5.14 Å². The molecule has 0 bridgehead atoms. The second-order valence-electron chi connectivity index (χ2n) is 4.99. The van der Waals surface area contributed by atoms with Gasteiger partial charge in [-0.15, -0.1) is 0 Å². The van der Waals surface area contributed by atoms with E-state index in [0.717, 1.165) is 22.5 Å². The van der Waals surface area contributed by atoms with Gasteiger partial charge in [0.1, 0.15) is 5.67 Å². The molecule has 118 valence electrons. The highest BCUT2D eigenvalue weighted by atomic mass is 32.2. The molecule has 1 aliphatic rings. The molecule has 4 nitrogen and oxygen atoms in total. The van der Waals surface area contributed by atoms with Gasteiger partial charge in [-0.25, -0.2) is 9.53 Å². The summed E-state index contributed by atoms with van der Waals surface area (Å²) in [5.41, 5.74) is -3.00. The Labute approximate surface area is 119 Å². The zero-order valence-corrected chi connectivity index (χ0v) is 11.7. The maximum Gasteiger partial charge on any atom is 0.416 e. The summed E-state index contributed by atoms with van der Waals surface area (Å²) in [6.07, 6.45) is -5.01. The quantitative estimate of drug-likeness (QED) is 0.847. The smallest absolute Gasteiger partial charge is 0.239 e. The van der Waals surface area contributed by atoms with Crippen LogP contribution in [-0.4, -0.2) is 25.8 Å². The van der Waals surface area contributed by atoms with Crippen LogP contribution in [0.4, 0.5) is 17.6 Å². The second kappa shape index (κ2) is 5.22. The number of benzene rings is 1. The molecule has 0 spiro atoms. The van der Waals surface area contributed by atoms with Gasteiger partial charge in [0.05, 0.1) is 5.56 Å². The van der Waals surface area contributed by atoms with Crippen molar-refractivity contribution >= 4 is 10.2 Å². The van der Waals surface area contributed by atoms with Crippen molar-refractivity contribution in [2.45, 2.75) is 24.7 Å². The molecule has 2 N–H and O–H groups in total. The molecule has 1 aromatic rings. The molecule has 9 heteroatoms. The summed E-state index contributed by atoms with van der Waals surface area (Å²) in [4.78, 5) is 0. The minimum Gasteiger partial charge on any atom is -0.239 e. The van der Waals surface area contributed by atoms with Crippen molar-refractivity contribution in [3.05, 3.63) is 35.4 Å². The predicted molar refractivity (Wildman–Crippen MR) is 68.1 cm³/mol. The summed E-state index contributed by atoms with van der Waals surface area (Å²) < 4.78 is 76.0. The number of piperidine rings is 1. The number of halogens is 4. The average Bonchev–Trinajstić information content (AvgIpc) is 2.37. The van der Waals surface area contributed by atoms with E-state index in [0.29, 0.717) is 0 Å². The zero-order valence-electron chi connectivity index (χ0n) is 10.9. The summed E-state index contributed by atoms with van der Waals surface area (Å²) in [5, 5.41) is 4.95. The fraction of sp³-hybridized carbons (Fsp3) is 0.500. The van der Waals surface area contributed by atoms with Crippen LogP contribution in [0.1, 0.15) is 24.0 Å². The first-order valence-corrected chi connectivity index (χ1v) is 7.67. The molecule has 0 aliphatic carbocycles. The minimum absolute atomic E-state index is 0.0913. The van der Waals surface area contributed by atoms with Gasteiger partial charge in [-0.1, -0.05) is 12.1 Å². The van der Waals surface area contributed by atoms with Crippen molar-refractivity contribution in [2.24, 2.45) is 5.14 Å². The van der Waals surface area contributed by atoms with E-state index in [1.165, 1.54) is 6.07 Å². The topological polar surface area (TPSA) is 63.4 Å². The van der Waals surface area contributed by atoms with E-state index in [1.807, 2.05) is 0 Å². The first-order chi connectivity index (χ1) is 9.52. The lowest BCUT2D eigenvalue weighted by Crippen LogP contribution is -2.46. The number of alkyl halides is 4. The Hall–Kier alpha value is -1.19. The van der Waals surface area contributed by atoms with Gasteiger partial charge in [0.25, 0.3) is 10.2 Å². The van der Waals surface area contributed by atoms with E-state index in [9.17, 15) is 26.0 Å². The molecule has 2 rings (SSSR count). The van der Waals surface area contributed by atoms with Gasteiger partial charge in [-0.3, -0.25) is 0 Å². The van der Waals surface area contributed by atoms with Crippen molar-refractivity contribution in [1.82, 2.24) is 4.31 Å². The van der Waals surface area contributed by atoms with Gasteiger partial charge in [-0.2, -0.15) is 25.9 Å². The van der Waals surface area contributed by atoms with Crippen LogP contribution in [0.25, 0.3) is 0 Å². The highest BCUT2D eigenvalue weighted by Crippen LogP contribution is 2.39. The molecule has 0 radical (unpaired) electrons. The number of rotatable bonds is 2. The van der Waals surface area contributed by atoms with Gasteiger partial charge in [-0.05, 0) is 30.5 Å². The largest absolute Gasteiger partial charge is 0.416 e. The van der Waals surface area contributed by atoms with E-state index in [4.69, 9.17) is 5.14 Å². The van der Waals surface area contributed by atoms with Crippen LogP contribution in [0, 0.1) is 0 Å². The molecule has 0 saturated carbocycles. The van der Waals surface area contributed by atoms with Crippen molar-refractivity contribution in [2.75, 3.05) is 13.1 Å². The number of hydrogen-bond donors (Lipinski definition) is 1. The first kappa shape index (κ1) is 16.2. The molecule has 1 heterocycles. The van der Waals surface area contributed by atoms with Crippen LogP contribution in [0.5, 0.6) is 0 Å². The van der Waals surface area contributed by atoms with Gasteiger partial charge < -0.3 is 0 Å². The van der Waals surface area contributed by atoms with E-state index in [1.54, 1.807) is 0 Å². The monoisotopic (exact) mass is 326 g/mol. The molecule has 0 unspecified atom stereocenters. The second-order valence-corrected chi connectivity index (χ2v) is 6.53. The summed E-state index contributed by atoms with van der Waals surface area (Å²) in [7, 11) is -3.90. The number of nitrogens with two attached hydrogens (primary N) is 1. The molecular formula is C12H14F4N2O2S. The third kappa shape index (κ3) is 3.53. The van der Waals surface area contributed by atoms with Crippen molar-refractivity contribution < 1.29 is 26.0 Å². The third-order valence-corrected chi connectivity index (χ3v) is 4.67. The van der Waals surface area contributed by atoms with Crippen LogP contribution >= 0.6 is 0 Å². The Morgan fingerprint density at radius 3 is 2.24 bits per heavy atom. The van der Waals surface area contributed by atoms with Gasteiger partial charge in [0, 0.05) is 13.1 Å². The van der Waals surface area contributed by atoms with Gasteiger partial charge >= 0.3 is 6.18 Å². The maximum atomic E-state index is 14.8. The lowest BCUT2D eigenvalue weighted by atomic mass is 9.86. The third-order valence-electron chi connectivity index (χ3n) is 3.58. The lowest BCUT2D eigenvalue weighted by Gasteiger charge is -2.35. The Balaban J connectivity index is 2.23. The van der Waals surface area contributed by atoms with Crippen molar-refractivity contribution in [1.29, 1.82) is 0 Å². The molecule has 1 saturated heterocycles. The summed E-state index contributed by atoms with van der Waals surface area (Å²) >= 11 is 0. The molecule has 0 amide bonds. The molecule has 0 atom stereocenters. The first-order valence-electron chi connectivity index (χ1n) is 6.17. The molecular weight excluding hydrogens is 312 g/mol. The van der Waals surface area contributed by atoms with Crippen LogP contribution in [0.2, 0.25) is 0 Å². The molecule has 1 aromatic carbocycles. The Kier molecular flexibility index (Phi) is 4.02. The number of nitrogens with zero attached hydrogens (tertiary/aromatic N) is 1. The van der Waals surface area contributed by atoms with Gasteiger partial charge in [0.2, 0.25) is 0 Å². The van der Waals surface area contributed by atoms with Crippen LogP contribution in [0.15, 0.2) is 24.3 Å². The maximum absolute atomic E-state index is 14.8. The summed E-state index contributed by atoms with van der Waals surface area (Å²) in [6.45, 7) is -0.322. The lowest BCUT2D eigenvalue weighted by molar-refractivity contribution is -0.137. The van der Waals surface area contributed by atoms with Gasteiger partial charge in [0.15, 0.2) is 0 Å². The predicted octanol–water partition coefficient (Wildman–Crippen LogP) is 2.17. The highest BCUT2D eigenvalue weighted by molar-refractivity contribution is 7.86. The SMILES string of the molecule is NS(=O)(=O)N1CCC(F)(c2cccc(C(F)(F)F)c2)CC1. The Morgan fingerprint density at radius 2 is 1.76 bits per heavy atom.